The Hall–Kier alpha value is -3.10. The van der Waals surface area contributed by atoms with E-state index in [1.165, 1.54) is 4.80 Å². The zero-order valence-corrected chi connectivity index (χ0v) is 14.5. The SMILES string of the molecule is C[C@@H](c1nc(C(C)(C)C)no1)n1nnc(-c2ccc(C(N)=O)cc2)n1. The molecule has 0 aliphatic heterocycles. The summed E-state index contributed by atoms with van der Waals surface area (Å²) in [6.07, 6.45) is 0. The van der Waals surface area contributed by atoms with Gasteiger partial charge in [0.05, 0.1) is 0 Å². The van der Waals surface area contributed by atoms with Gasteiger partial charge in [-0.3, -0.25) is 4.79 Å². The molecular weight excluding hydrogens is 322 g/mol. The fourth-order valence-corrected chi connectivity index (χ4v) is 2.10. The lowest BCUT2D eigenvalue weighted by Crippen LogP contribution is -2.15. The number of amides is 1. The van der Waals surface area contributed by atoms with Gasteiger partial charge < -0.3 is 10.3 Å². The van der Waals surface area contributed by atoms with Crippen molar-refractivity contribution in [3.05, 3.63) is 41.5 Å². The van der Waals surface area contributed by atoms with Gasteiger partial charge in [0.15, 0.2) is 5.82 Å². The minimum absolute atomic E-state index is 0.204. The number of nitrogens with two attached hydrogens (primary N) is 1. The molecule has 9 nitrogen and oxygen atoms in total. The monoisotopic (exact) mass is 341 g/mol. The van der Waals surface area contributed by atoms with Gasteiger partial charge >= 0.3 is 0 Å². The van der Waals surface area contributed by atoms with Crippen LogP contribution in [-0.2, 0) is 5.41 Å². The Morgan fingerprint density at radius 1 is 1.24 bits per heavy atom. The van der Waals surface area contributed by atoms with Crippen molar-refractivity contribution in [2.45, 2.75) is 39.2 Å². The highest BCUT2D eigenvalue weighted by atomic mass is 16.5. The maximum atomic E-state index is 11.1. The topological polar surface area (TPSA) is 126 Å². The number of hydrogen-bond acceptors (Lipinski definition) is 7. The summed E-state index contributed by atoms with van der Waals surface area (Å²) in [7, 11) is 0. The summed E-state index contributed by atoms with van der Waals surface area (Å²) in [6.45, 7) is 7.87. The van der Waals surface area contributed by atoms with E-state index in [1.807, 2.05) is 27.7 Å². The van der Waals surface area contributed by atoms with Crippen LogP contribution in [0.4, 0.5) is 0 Å². The number of benzene rings is 1. The first-order valence-electron chi connectivity index (χ1n) is 7.79. The van der Waals surface area contributed by atoms with E-state index in [-0.39, 0.29) is 11.5 Å². The highest BCUT2D eigenvalue weighted by Crippen LogP contribution is 2.22. The Balaban J connectivity index is 1.83. The zero-order valence-electron chi connectivity index (χ0n) is 14.5. The van der Waals surface area contributed by atoms with Gasteiger partial charge in [0.2, 0.25) is 11.7 Å². The largest absolute Gasteiger partial charge is 0.366 e. The molecule has 9 heteroatoms. The Labute approximate surface area is 144 Å². The Kier molecular flexibility index (Phi) is 4.07. The van der Waals surface area contributed by atoms with Crippen molar-refractivity contribution in [2.24, 2.45) is 5.73 Å². The van der Waals surface area contributed by atoms with Gasteiger partial charge in [-0.15, -0.1) is 10.2 Å². The summed E-state index contributed by atoms with van der Waals surface area (Å²) in [6, 6.07) is 6.33. The Morgan fingerprint density at radius 3 is 2.48 bits per heavy atom. The van der Waals surface area contributed by atoms with Crippen molar-refractivity contribution in [1.82, 2.24) is 30.3 Å². The lowest BCUT2D eigenvalue weighted by Gasteiger charge is -2.11. The predicted molar refractivity (Wildman–Crippen MR) is 88.6 cm³/mol. The normalized spacial score (nSPS) is 13.0. The van der Waals surface area contributed by atoms with E-state index in [9.17, 15) is 4.79 Å². The molecule has 0 radical (unpaired) electrons. The summed E-state index contributed by atoms with van der Waals surface area (Å²) in [5, 5.41) is 16.5. The molecule has 0 spiro atoms. The standard InChI is InChI=1S/C16H19N7O2/c1-9(14-18-15(21-25-14)16(2,3)4)23-20-13(19-22-23)11-7-5-10(6-8-11)12(17)24/h5-9H,1-4H3,(H2,17,24)/t9-/m0/s1. The van der Waals surface area contributed by atoms with Gasteiger partial charge in [0, 0.05) is 16.5 Å². The molecule has 1 atom stereocenters. The van der Waals surface area contributed by atoms with Gasteiger partial charge in [-0.1, -0.05) is 38.1 Å². The second-order valence-electron chi connectivity index (χ2n) is 6.76. The quantitative estimate of drug-likeness (QED) is 0.765. The van der Waals surface area contributed by atoms with Crippen molar-refractivity contribution in [1.29, 1.82) is 0 Å². The lowest BCUT2D eigenvalue weighted by molar-refractivity contribution is 0.100. The minimum Gasteiger partial charge on any atom is -0.366 e. The first kappa shape index (κ1) is 16.7. The fraction of sp³-hybridized carbons (Fsp3) is 0.375. The van der Waals surface area contributed by atoms with Crippen LogP contribution < -0.4 is 5.73 Å². The molecule has 2 aromatic heterocycles. The minimum atomic E-state index is -0.483. The molecule has 0 fully saturated rings. The maximum absolute atomic E-state index is 11.1. The molecule has 0 bridgehead atoms. The van der Waals surface area contributed by atoms with Gasteiger partial charge in [0.1, 0.15) is 6.04 Å². The highest BCUT2D eigenvalue weighted by Gasteiger charge is 2.25. The van der Waals surface area contributed by atoms with Gasteiger partial charge in [-0.2, -0.15) is 9.78 Å². The molecular formula is C16H19N7O2. The van der Waals surface area contributed by atoms with Crippen molar-refractivity contribution >= 4 is 5.91 Å². The van der Waals surface area contributed by atoms with Crippen LogP contribution in [0.5, 0.6) is 0 Å². The van der Waals surface area contributed by atoms with Crippen LogP contribution in [0.15, 0.2) is 28.8 Å². The van der Waals surface area contributed by atoms with Crippen molar-refractivity contribution in [3.63, 3.8) is 0 Å². The fourth-order valence-electron chi connectivity index (χ4n) is 2.10. The Bertz CT molecular complexity index is 890. The van der Waals surface area contributed by atoms with Crippen molar-refractivity contribution in [2.75, 3.05) is 0 Å². The molecule has 3 aromatic rings. The van der Waals surface area contributed by atoms with E-state index < -0.39 is 5.91 Å². The molecule has 1 amide bonds. The van der Waals surface area contributed by atoms with E-state index >= 15 is 0 Å². The van der Waals surface area contributed by atoms with Crippen LogP contribution in [0.1, 0.15) is 55.8 Å². The van der Waals surface area contributed by atoms with Gasteiger partial charge in [0.25, 0.3) is 5.89 Å². The summed E-state index contributed by atoms with van der Waals surface area (Å²) >= 11 is 0. The van der Waals surface area contributed by atoms with Gasteiger partial charge in [-0.25, -0.2) is 0 Å². The molecule has 0 aliphatic carbocycles. The molecule has 3 rings (SSSR count). The summed E-state index contributed by atoms with van der Waals surface area (Å²) < 4.78 is 5.32. The summed E-state index contributed by atoms with van der Waals surface area (Å²) in [5.41, 5.74) is 6.18. The number of tetrazole rings is 1. The van der Waals surface area contributed by atoms with Crippen LogP contribution in [0.25, 0.3) is 11.4 Å². The summed E-state index contributed by atoms with van der Waals surface area (Å²) in [4.78, 5) is 16.9. The van der Waals surface area contributed by atoms with Crippen LogP contribution in [-0.4, -0.2) is 36.3 Å². The zero-order chi connectivity index (χ0) is 18.2. The van der Waals surface area contributed by atoms with Crippen LogP contribution >= 0.6 is 0 Å². The molecule has 25 heavy (non-hydrogen) atoms. The molecule has 1 aromatic carbocycles. The van der Waals surface area contributed by atoms with Crippen LogP contribution in [0, 0.1) is 0 Å². The van der Waals surface area contributed by atoms with Crippen molar-refractivity contribution in [3.8, 4) is 11.4 Å². The van der Waals surface area contributed by atoms with Crippen LogP contribution in [0.3, 0.4) is 0 Å². The molecule has 2 N–H and O–H groups in total. The van der Waals surface area contributed by atoms with Crippen LogP contribution in [0.2, 0.25) is 0 Å². The van der Waals surface area contributed by atoms with E-state index in [2.05, 4.69) is 25.6 Å². The summed E-state index contributed by atoms with van der Waals surface area (Å²) in [5.74, 6) is 0.982. The second kappa shape index (κ2) is 6.08. The number of hydrogen-bond donors (Lipinski definition) is 1. The van der Waals surface area contributed by atoms with E-state index in [1.54, 1.807) is 24.3 Å². The number of primary amides is 1. The molecule has 130 valence electrons. The van der Waals surface area contributed by atoms with Gasteiger partial charge in [-0.05, 0) is 24.3 Å². The van der Waals surface area contributed by atoms with E-state index in [4.69, 9.17) is 10.3 Å². The average Bonchev–Trinajstić information content (AvgIpc) is 3.23. The molecule has 0 saturated heterocycles. The molecule has 0 aliphatic rings. The van der Waals surface area contributed by atoms with E-state index in [0.717, 1.165) is 5.56 Å². The number of carbonyl (C=O) groups excluding carboxylic acids is 1. The number of rotatable bonds is 4. The third-order valence-corrected chi connectivity index (χ3v) is 3.67. The predicted octanol–water partition coefficient (Wildman–Crippen LogP) is 1.73. The molecule has 0 saturated carbocycles. The molecule has 2 heterocycles. The maximum Gasteiger partial charge on any atom is 0.253 e. The number of nitrogens with zero attached hydrogens (tertiary/aromatic N) is 6. The third-order valence-electron chi connectivity index (χ3n) is 3.67. The number of aromatic nitrogens is 6. The first-order chi connectivity index (χ1) is 11.8. The number of carbonyl (C=O) groups is 1. The second-order valence-corrected chi connectivity index (χ2v) is 6.76. The smallest absolute Gasteiger partial charge is 0.253 e. The average molecular weight is 341 g/mol. The third kappa shape index (κ3) is 3.39. The lowest BCUT2D eigenvalue weighted by atomic mass is 9.96. The van der Waals surface area contributed by atoms with E-state index in [0.29, 0.717) is 23.1 Å². The van der Waals surface area contributed by atoms with Crippen molar-refractivity contribution < 1.29 is 9.32 Å². The molecule has 0 unspecified atom stereocenters. The first-order valence-corrected chi connectivity index (χ1v) is 7.79. The Morgan fingerprint density at radius 2 is 1.92 bits per heavy atom. The highest BCUT2D eigenvalue weighted by molar-refractivity contribution is 5.93.